The number of Topliss-reactive ketones (excluding diaryl/α,β-unsaturated/α-hetero) is 1. The van der Waals surface area contributed by atoms with Crippen molar-refractivity contribution < 1.29 is 4.79 Å². The molecule has 1 aromatic heterocycles. The number of halogens is 1. The third-order valence-corrected chi connectivity index (χ3v) is 3.73. The third kappa shape index (κ3) is 2.78. The van der Waals surface area contributed by atoms with E-state index in [9.17, 15) is 4.79 Å². The van der Waals surface area contributed by atoms with Crippen LogP contribution in [0.25, 0.3) is 10.9 Å². The number of pyridine rings is 1. The summed E-state index contributed by atoms with van der Waals surface area (Å²) in [7, 11) is 0. The SMILES string of the molecule is O=C(Cc1ccc(Br)cc1)c1ccc2ncccc2c1. The van der Waals surface area contributed by atoms with Crippen molar-refractivity contribution in [3.8, 4) is 0 Å². The Kier molecular flexibility index (Phi) is 3.61. The Hall–Kier alpha value is -2.00. The van der Waals surface area contributed by atoms with E-state index in [0.29, 0.717) is 6.42 Å². The van der Waals surface area contributed by atoms with Gasteiger partial charge in [0.05, 0.1) is 5.52 Å². The lowest BCUT2D eigenvalue weighted by Gasteiger charge is -2.03. The van der Waals surface area contributed by atoms with E-state index in [-0.39, 0.29) is 5.78 Å². The first kappa shape index (κ1) is 13.0. The molecule has 0 saturated heterocycles. The molecule has 98 valence electrons. The van der Waals surface area contributed by atoms with E-state index in [2.05, 4.69) is 20.9 Å². The second kappa shape index (κ2) is 5.55. The van der Waals surface area contributed by atoms with Crippen molar-refractivity contribution in [2.24, 2.45) is 0 Å². The first-order chi connectivity index (χ1) is 9.72. The summed E-state index contributed by atoms with van der Waals surface area (Å²) in [6.07, 6.45) is 2.17. The monoisotopic (exact) mass is 325 g/mol. The lowest BCUT2D eigenvalue weighted by molar-refractivity contribution is 0.0993. The van der Waals surface area contributed by atoms with E-state index in [0.717, 1.165) is 26.5 Å². The van der Waals surface area contributed by atoms with E-state index in [1.165, 1.54) is 0 Å². The van der Waals surface area contributed by atoms with Gasteiger partial charge in [0.2, 0.25) is 0 Å². The van der Waals surface area contributed by atoms with Crippen LogP contribution in [0.15, 0.2) is 65.3 Å². The molecule has 3 heteroatoms. The molecule has 0 N–H and O–H groups in total. The molecule has 3 aromatic rings. The average Bonchev–Trinajstić information content (AvgIpc) is 2.49. The van der Waals surface area contributed by atoms with Gasteiger partial charge in [0, 0.05) is 28.0 Å². The summed E-state index contributed by atoms with van der Waals surface area (Å²) in [5.74, 6) is 0.123. The van der Waals surface area contributed by atoms with Gasteiger partial charge in [-0.1, -0.05) is 34.1 Å². The molecule has 0 spiro atoms. The molecule has 20 heavy (non-hydrogen) atoms. The van der Waals surface area contributed by atoms with Crippen molar-refractivity contribution in [2.75, 3.05) is 0 Å². The lowest BCUT2D eigenvalue weighted by atomic mass is 10.0. The lowest BCUT2D eigenvalue weighted by Crippen LogP contribution is -2.03. The molecular formula is C17H12BrNO. The Morgan fingerprint density at radius 3 is 2.65 bits per heavy atom. The maximum atomic E-state index is 12.3. The molecule has 0 unspecified atom stereocenters. The van der Waals surface area contributed by atoms with Gasteiger partial charge in [0.1, 0.15) is 0 Å². The van der Waals surface area contributed by atoms with Crippen molar-refractivity contribution in [3.63, 3.8) is 0 Å². The van der Waals surface area contributed by atoms with E-state index < -0.39 is 0 Å². The van der Waals surface area contributed by atoms with Crippen LogP contribution in [0.1, 0.15) is 15.9 Å². The second-order valence-corrected chi connectivity index (χ2v) is 5.55. The standard InChI is InChI=1S/C17H12BrNO/c18-15-6-3-12(4-7-15)10-17(20)14-5-8-16-13(11-14)2-1-9-19-16/h1-9,11H,10H2. The summed E-state index contributed by atoms with van der Waals surface area (Å²) in [6.45, 7) is 0. The zero-order chi connectivity index (χ0) is 13.9. The summed E-state index contributed by atoms with van der Waals surface area (Å²) >= 11 is 3.39. The fourth-order valence-corrected chi connectivity index (χ4v) is 2.40. The minimum absolute atomic E-state index is 0.123. The molecule has 2 aromatic carbocycles. The summed E-state index contributed by atoms with van der Waals surface area (Å²) in [5, 5.41) is 0.995. The smallest absolute Gasteiger partial charge is 0.167 e. The van der Waals surface area contributed by atoms with Crippen LogP contribution in [0.4, 0.5) is 0 Å². The van der Waals surface area contributed by atoms with Crippen LogP contribution in [0.5, 0.6) is 0 Å². The van der Waals surface area contributed by atoms with Crippen molar-refractivity contribution in [1.29, 1.82) is 0 Å². The van der Waals surface area contributed by atoms with Gasteiger partial charge in [0.15, 0.2) is 5.78 Å². The van der Waals surface area contributed by atoms with Gasteiger partial charge in [-0.15, -0.1) is 0 Å². The van der Waals surface area contributed by atoms with Crippen molar-refractivity contribution in [2.45, 2.75) is 6.42 Å². The molecule has 0 aliphatic rings. The first-order valence-electron chi connectivity index (χ1n) is 6.35. The Labute approximate surface area is 125 Å². The predicted octanol–water partition coefficient (Wildman–Crippen LogP) is 4.42. The maximum absolute atomic E-state index is 12.3. The number of fused-ring (bicyclic) bond motifs is 1. The molecule has 0 atom stereocenters. The summed E-state index contributed by atoms with van der Waals surface area (Å²) in [4.78, 5) is 16.6. The highest BCUT2D eigenvalue weighted by Crippen LogP contribution is 2.16. The van der Waals surface area contributed by atoms with E-state index in [4.69, 9.17) is 0 Å². The zero-order valence-electron chi connectivity index (χ0n) is 10.7. The minimum atomic E-state index is 0.123. The van der Waals surface area contributed by atoms with Crippen LogP contribution in [-0.2, 0) is 6.42 Å². The van der Waals surface area contributed by atoms with E-state index in [1.54, 1.807) is 6.20 Å². The number of hydrogen-bond donors (Lipinski definition) is 0. The molecule has 0 radical (unpaired) electrons. The van der Waals surface area contributed by atoms with Gasteiger partial charge in [-0.2, -0.15) is 0 Å². The summed E-state index contributed by atoms with van der Waals surface area (Å²) < 4.78 is 1.02. The molecule has 0 aliphatic heterocycles. The van der Waals surface area contributed by atoms with Gasteiger partial charge < -0.3 is 0 Å². The fraction of sp³-hybridized carbons (Fsp3) is 0.0588. The van der Waals surface area contributed by atoms with E-state index in [1.807, 2.05) is 54.6 Å². The van der Waals surface area contributed by atoms with Crippen LogP contribution in [-0.4, -0.2) is 10.8 Å². The number of benzene rings is 2. The Morgan fingerprint density at radius 1 is 1.05 bits per heavy atom. The zero-order valence-corrected chi connectivity index (χ0v) is 12.3. The van der Waals surface area contributed by atoms with Gasteiger partial charge in [-0.05, 0) is 42.0 Å². The molecular weight excluding hydrogens is 314 g/mol. The number of aromatic nitrogens is 1. The second-order valence-electron chi connectivity index (χ2n) is 4.64. The van der Waals surface area contributed by atoms with Crippen LogP contribution >= 0.6 is 15.9 Å². The Bertz CT molecular complexity index is 765. The largest absolute Gasteiger partial charge is 0.294 e. The van der Waals surface area contributed by atoms with Crippen molar-refractivity contribution in [1.82, 2.24) is 4.98 Å². The van der Waals surface area contributed by atoms with Gasteiger partial charge in [-0.25, -0.2) is 0 Å². The highest BCUT2D eigenvalue weighted by molar-refractivity contribution is 9.10. The summed E-state index contributed by atoms with van der Waals surface area (Å²) in [5.41, 5.74) is 2.66. The van der Waals surface area contributed by atoms with Crippen LogP contribution in [0, 0.1) is 0 Å². The first-order valence-corrected chi connectivity index (χ1v) is 7.14. The highest BCUT2D eigenvalue weighted by atomic mass is 79.9. The number of carbonyl (C=O) groups is 1. The molecule has 0 bridgehead atoms. The van der Waals surface area contributed by atoms with Crippen LogP contribution in [0.2, 0.25) is 0 Å². The molecule has 0 fully saturated rings. The van der Waals surface area contributed by atoms with E-state index >= 15 is 0 Å². The number of ketones is 1. The van der Waals surface area contributed by atoms with Crippen LogP contribution in [0.3, 0.4) is 0 Å². The molecule has 1 heterocycles. The minimum Gasteiger partial charge on any atom is -0.294 e. The van der Waals surface area contributed by atoms with Gasteiger partial charge >= 0.3 is 0 Å². The molecule has 0 aliphatic carbocycles. The molecule has 2 nitrogen and oxygen atoms in total. The van der Waals surface area contributed by atoms with Gasteiger partial charge in [-0.3, -0.25) is 9.78 Å². The molecule has 3 rings (SSSR count). The number of carbonyl (C=O) groups excluding carboxylic acids is 1. The Morgan fingerprint density at radius 2 is 1.85 bits per heavy atom. The van der Waals surface area contributed by atoms with Crippen molar-refractivity contribution in [3.05, 3.63) is 76.4 Å². The normalized spacial score (nSPS) is 10.7. The third-order valence-electron chi connectivity index (χ3n) is 3.20. The quantitative estimate of drug-likeness (QED) is 0.667. The fourth-order valence-electron chi connectivity index (χ4n) is 2.14. The highest BCUT2D eigenvalue weighted by Gasteiger charge is 2.08. The topological polar surface area (TPSA) is 30.0 Å². The maximum Gasteiger partial charge on any atom is 0.167 e. The average molecular weight is 326 g/mol. The molecule has 0 amide bonds. The number of hydrogen-bond acceptors (Lipinski definition) is 2. The number of rotatable bonds is 3. The Balaban J connectivity index is 1.86. The number of nitrogens with zero attached hydrogens (tertiary/aromatic N) is 1. The predicted molar refractivity (Wildman–Crippen MR) is 83.9 cm³/mol. The van der Waals surface area contributed by atoms with Crippen molar-refractivity contribution >= 4 is 32.6 Å². The molecule has 0 saturated carbocycles. The van der Waals surface area contributed by atoms with Crippen LogP contribution < -0.4 is 0 Å². The van der Waals surface area contributed by atoms with Gasteiger partial charge in [0.25, 0.3) is 0 Å². The summed E-state index contributed by atoms with van der Waals surface area (Å²) in [6, 6.07) is 17.3.